The van der Waals surface area contributed by atoms with Crippen molar-refractivity contribution in [3.8, 4) is 0 Å². The monoisotopic (exact) mass is 402 g/mol. The van der Waals surface area contributed by atoms with Crippen LogP contribution in [0.5, 0.6) is 0 Å². The van der Waals surface area contributed by atoms with Crippen molar-refractivity contribution < 1.29 is 0 Å². The lowest BCUT2D eigenvalue weighted by molar-refractivity contribution is 0.131. The van der Waals surface area contributed by atoms with Crippen molar-refractivity contribution in [3.05, 3.63) is 57.6 Å². The quantitative estimate of drug-likeness (QED) is 0.453. The van der Waals surface area contributed by atoms with Crippen molar-refractivity contribution in [1.82, 2.24) is 0 Å². The highest BCUT2D eigenvalue weighted by molar-refractivity contribution is 5.45. The maximum atomic E-state index is 2.55. The first kappa shape index (κ1) is 20.6. The summed E-state index contributed by atoms with van der Waals surface area (Å²) in [5.41, 5.74) is 10.4. The summed E-state index contributed by atoms with van der Waals surface area (Å²) in [5, 5.41) is 0. The highest BCUT2D eigenvalue weighted by atomic mass is 14.5. The zero-order valence-corrected chi connectivity index (χ0v) is 19.8. The maximum Gasteiger partial charge on any atom is -0.0432 e. The standard InChI is InChI=1S/C30H42/c1-19(2)27-17-30(26-16-14-22-10-6-8-12-24(22)26)28(20(3)4)18-29(27)25-15-13-21-9-5-7-11-23(21)25/h13-16,19-20,27-30H,5-12,17-18H2,1-4H3/q-2/t27-,28?,29-,30?/m1/s1. The van der Waals surface area contributed by atoms with Crippen LogP contribution in [0.2, 0.25) is 0 Å². The lowest BCUT2D eigenvalue weighted by atomic mass is 9.58. The van der Waals surface area contributed by atoms with E-state index in [4.69, 9.17) is 0 Å². The molecule has 0 N–H and O–H groups in total. The Kier molecular flexibility index (Phi) is 5.72. The van der Waals surface area contributed by atoms with Gasteiger partial charge in [-0.05, 0) is 23.7 Å². The zero-order chi connectivity index (χ0) is 20.8. The molecule has 1 fully saturated rings. The Labute approximate surface area is 185 Å². The highest BCUT2D eigenvalue weighted by Crippen LogP contribution is 2.54. The molecule has 0 radical (unpaired) electrons. The zero-order valence-electron chi connectivity index (χ0n) is 19.8. The minimum Gasteiger partial charge on any atom is -0.210 e. The van der Waals surface area contributed by atoms with Gasteiger partial charge in [0.1, 0.15) is 0 Å². The van der Waals surface area contributed by atoms with E-state index in [1.807, 2.05) is 0 Å². The number of hydrogen-bond acceptors (Lipinski definition) is 0. The number of fused-ring (bicyclic) bond motifs is 2. The molecule has 0 heterocycles. The second-order valence-corrected chi connectivity index (χ2v) is 11.5. The fourth-order valence-electron chi connectivity index (χ4n) is 7.61. The first-order chi connectivity index (χ1) is 14.5. The lowest BCUT2D eigenvalue weighted by Crippen LogP contribution is -2.35. The summed E-state index contributed by atoms with van der Waals surface area (Å²) in [6.45, 7) is 10.0. The van der Waals surface area contributed by atoms with E-state index in [1.54, 1.807) is 33.4 Å². The van der Waals surface area contributed by atoms with Crippen molar-refractivity contribution in [2.45, 2.75) is 104 Å². The molecule has 0 nitrogen and oxygen atoms in total. The molecule has 5 rings (SSSR count). The second-order valence-electron chi connectivity index (χ2n) is 11.5. The molecule has 0 heteroatoms. The van der Waals surface area contributed by atoms with Gasteiger partial charge in [-0.15, -0.1) is 0 Å². The van der Waals surface area contributed by atoms with E-state index in [-0.39, 0.29) is 0 Å². The minimum absolute atomic E-state index is 0.769. The second kappa shape index (κ2) is 8.33. The van der Waals surface area contributed by atoms with Crippen molar-refractivity contribution in [2.24, 2.45) is 23.7 Å². The average Bonchev–Trinajstić information content (AvgIpc) is 3.37. The number of aryl methyl sites for hydroxylation is 2. The summed E-state index contributed by atoms with van der Waals surface area (Å²) in [6, 6.07) is 10.1. The number of rotatable bonds is 4. The van der Waals surface area contributed by atoms with E-state index >= 15 is 0 Å². The molecule has 2 aromatic carbocycles. The van der Waals surface area contributed by atoms with E-state index in [9.17, 15) is 0 Å². The molecule has 0 spiro atoms. The molecule has 3 aliphatic carbocycles. The Hall–Kier alpha value is -1.30. The average molecular weight is 403 g/mol. The van der Waals surface area contributed by atoms with E-state index in [1.165, 1.54) is 64.2 Å². The summed E-state index contributed by atoms with van der Waals surface area (Å²) >= 11 is 0. The third-order valence-electron chi connectivity index (χ3n) is 9.24. The SMILES string of the molecule is CC(C)C1C[C@H]([c-]2ccc3c2CCCC3)[C@@H](C(C)C)CC1c1cc[c-]2c1CCCC2. The van der Waals surface area contributed by atoms with Gasteiger partial charge in [-0.3, -0.25) is 0 Å². The molecule has 0 amide bonds. The van der Waals surface area contributed by atoms with Gasteiger partial charge in [0.05, 0.1) is 0 Å². The molecule has 0 saturated heterocycles. The summed E-state index contributed by atoms with van der Waals surface area (Å²) in [4.78, 5) is 0. The fraction of sp³-hybridized carbons (Fsp3) is 0.667. The van der Waals surface area contributed by atoms with E-state index in [0.717, 1.165) is 35.5 Å². The highest BCUT2D eigenvalue weighted by Gasteiger charge is 2.38. The van der Waals surface area contributed by atoms with Gasteiger partial charge in [0.2, 0.25) is 0 Å². The summed E-state index contributed by atoms with van der Waals surface area (Å²) in [5.74, 6) is 4.75. The van der Waals surface area contributed by atoms with Gasteiger partial charge in [0.25, 0.3) is 0 Å². The molecular weight excluding hydrogens is 360 g/mol. The van der Waals surface area contributed by atoms with Crippen LogP contribution in [-0.2, 0) is 25.7 Å². The van der Waals surface area contributed by atoms with Gasteiger partial charge in [0.15, 0.2) is 0 Å². The van der Waals surface area contributed by atoms with Gasteiger partial charge >= 0.3 is 0 Å². The molecule has 2 aromatic rings. The summed E-state index contributed by atoms with van der Waals surface area (Å²) in [6.07, 6.45) is 13.7. The van der Waals surface area contributed by atoms with E-state index in [0.29, 0.717) is 0 Å². The molecular formula is C30H42-2. The first-order valence-corrected chi connectivity index (χ1v) is 13.1. The molecule has 0 aliphatic heterocycles. The van der Waals surface area contributed by atoms with Crippen LogP contribution in [0.1, 0.15) is 111 Å². The van der Waals surface area contributed by atoms with Crippen molar-refractivity contribution >= 4 is 0 Å². The Bertz CT molecular complexity index is 784. The van der Waals surface area contributed by atoms with Crippen molar-refractivity contribution in [3.63, 3.8) is 0 Å². The van der Waals surface area contributed by atoms with Gasteiger partial charge in [-0.1, -0.05) is 104 Å². The Morgan fingerprint density at radius 1 is 0.767 bits per heavy atom. The van der Waals surface area contributed by atoms with E-state index in [2.05, 4.69) is 52.0 Å². The van der Waals surface area contributed by atoms with Crippen LogP contribution >= 0.6 is 0 Å². The van der Waals surface area contributed by atoms with E-state index < -0.39 is 0 Å². The third kappa shape index (κ3) is 3.53. The van der Waals surface area contributed by atoms with Crippen LogP contribution in [0.3, 0.4) is 0 Å². The predicted molar refractivity (Wildman–Crippen MR) is 129 cm³/mol. The maximum absolute atomic E-state index is 2.55. The van der Waals surface area contributed by atoms with Crippen molar-refractivity contribution in [1.29, 1.82) is 0 Å². The summed E-state index contributed by atoms with van der Waals surface area (Å²) < 4.78 is 0. The normalized spacial score (nSPS) is 29.3. The van der Waals surface area contributed by atoms with Crippen LogP contribution in [0.4, 0.5) is 0 Å². The smallest absolute Gasteiger partial charge is 0.0432 e. The molecule has 3 aliphatic rings. The van der Waals surface area contributed by atoms with Crippen LogP contribution < -0.4 is 0 Å². The van der Waals surface area contributed by atoms with Gasteiger partial charge in [0, 0.05) is 0 Å². The molecule has 0 bridgehead atoms. The minimum atomic E-state index is 0.769. The van der Waals surface area contributed by atoms with Crippen LogP contribution in [0.25, 0.3) is 0 Å². The van der Waals surface area contributed by atoms with Gasteiger partial charge in [-0.25, -0.2) is 12.1 Å². The van der Waals surface area contributed by atoms with Crippen LogP contribution in [0, 0.1) is 23.7 Å². The molecule has 164 valence electrons. The topological polar surface area (TPSA) is 0 Å². The molecule has 0 aromatic heterocycles. The van der Waals surface area contributed by atoms with Crippen LogP contribution in [0.15, 0.2) is 24.3 Å². The number of hydrogen-bond donors (Lipinski definition) is 0. The van der Waals surface area contributed by atoms with Crippen molar-refractivity contribution in [2.75, 3.05) is 0 Å². The third-order valence-corrected chi connectivity index (χ3v) is 9.24. The Morgan fingerprint density at radius 3 is 2.30 bits per heavy atom. The largest absolute Gasteiger partial charge is 0.210 e. The Morgan fingerprint density at radius 2 is 1.50 bits per heavy atom. The molecule has 1 saturated carbocycles. The Balaban J connectivity index is 1.51. The molecule has 4 atom stereocenters. The molecule has 2 unspecified atom stereocenters. The lowest BCUT2D eigenvalue weighted by Gasteiger charge is -2.50. The van der Waals surface area contributed by atoms with Gasteiger partial charge < -0.3 is 0 Å². The summed E-state index contributed by atoms with van der Waals surface area (Å²) in [7, 11) is 0. The fourth-order valence-corrected chi connectivity index (χ4v) is 7.61. The molecule has 30 heavy (non-hydrogen) atoms. The predicted octanol–water partition coefficient (Wildman–Crippen LogP) is 8.09. The van der Waals surface area contributed by atoms with Crippen LogP contribution in [-0.4, -0.2) is 0 Å². The first-order valence-electron chi connectivity index (χ1n) is 13.1. The van der Waals surface area contributed by atoms with Gasteiger partial charge in [-0.2, -0.15) is 45.5 Å².